The molecule has 4 nitrogen and oxygen atoms in total. The summed E-state index contributed by atoms with van der Waals surface area (Å²) in [6.45, 7) is 3.50. The van der Waals surface area contributed by atoms with Gasteiger partial charge in [-0.3, -0.25) is 4.79 Å². The fourth-order valence-electron chi connectivity index (χ4n) is 0.970. The number of carbonyl (C=O) groups is 2. The Morgan fingerprint density at radius 1 is 1.44 bits per heavy atom. The fourth-order valence-corrected chi connectivity index (χ4v) is 1.82. The third-order valence-electron chi connectivity index (χ3n) is 1.87. The molecule has 0 saturated carbocycles. The number of amides is 1. The molecule has 0 saturated heterocycles. The van der Waals surface area contributed by atoms with Gasteiger partial charge in [0.1, 0.15) is 6.29 Å². The van der Waals surface area contributed by atoms with E-state index in [1.807, 2.05) is 6.07 Å². The predicted molar refractivity (Wildman–Crippen MR) is 64.1 cm³/mol. The highest BCUT2D eigenvalue weighted by molar-refractivity contribution is 7.97. The summed E-state index contributed by atoms with van der Waals surface area (Å²) in [6.07, 6.45) is 0.812. The average Bonchev–Trinajstić information content (AvgIpc) is 2.27. The van der Waals surface area contributed by atoms with Crippen LogP contribution in [0, 0.1) is 0 Å². The molecule has 0 spiro atoms. The largest absolute Gasteiger partial charge is 0.366 e. The fraction of sp³-hybridized carbons (Fsp3) is 0.273. The highest BCUT2D eigenvalue weighted by atomic mass is 32.2. The van der Waals surface area contributed by atoms with Crippen LogP contribution in [0.2, 0.25) is 0 Å². The number of rotatable bonds is 5. The van der Waals surface area contributed by atoms with Gasteiger partial charge < -0.3 is 10.5 Å². The molecule has 0 unspecified atom stereocenters. The first-order valence-corrected chi connectivity index (χ1v) is 5.57. The number of benzene rings is 1. The minimum absolute atomic E-state index is 0.446. The number of hydrogen-bond acceptors (Lipinski definition) is 4. The average molecular weight is 238 g/mol. The van der Waals surface area contributed by atoms with Crippen LogP contribution in [0.3, 0.4) is 0 Å². The van der Waals surface area contributed by atoms with E-state index in [4.69, 9.17) is 5.73 Å². The van der Waals surface area contributed by atoms with Crippen LogP contribution < -0.4 is 10.5 Å². The van der Waals surface area contributed by atoms with Gasteiger partial charge in [0, 0.05) is 4.90 Å². The van der Waals surface area contributed by atoms with E-state index >= 15 is 0 Å². The molecular formula is C11H14N2O2S. The van der Waals surface area contributed by atoms with Gasteiger partial charge in [-0.05, 0) is 37.9 Å². The van der Waals surface area contributed by atoms with Gasteiger partial charge in [0.05, 0.1) is 11.1 Å². The zero-order valence-electron chi connectivity index (χ0n) is 9.19. The van der Waals surface area contributed by atoms with Gasteiger partial charge in [0.15, 0.2) is 0 Å². The first-order valence-electron chi connectivity index (χ1n) is 4.75. The Balaban J connectivity index is 2.82. The quantitative estimate of drug-likeness (QED) is 0.600. The van der Waals surface area contributed by atoms with Crippen molar-refractivity contribution < 1.29 is 9.59 Å². The van der Waals surface area contributed by atoms with Crippen LogP contribution in [0.25, 0.3) is 0 Å². The van der Waals surface area contributed by atoms with Crippen molar-refractivity contribution in [1.82, 2.24) is 4.72 Å². The van der Waals surface area contributed by atoms with Gasteiger partial charge in [-0.25, -0.2) is 4.72 Å². The molecule has 5 heteroatoms. The highest BCUT2D eigenvalue weighted by Gasteiger charge is 2.17. The lowest BCUT2D eigenvalue weighted by Gasteiger charge is -2.18. The second kappa shape index (κ2) is 5.14. The second-order valence-corrected chi connectivity index (χ2v) is 4.75. The predicted octanol–water partition coefficient (Wildman–Crippen LogP) is 1.36. The Bertz CT molecular complexity index is 405. The summed E-state index contributed by atoms with van der Waals surface area (Å²) in [5.74, 6) is -0.478. The van der Waals surface area contributed by atoms with Crippen LogP contribution in [0.15, 0.2) is 29.2 Å². The second-order valence-electron chi connectivity index (χ2n) is 3.90. The molecule has 1 rings (SSSR count). The molecule has 0 fully saturated rings. The van der Waals surface area contributed by atoms with Crippen molar-refractivity contribution in [3.63, 3.8) is 0 Å². The van der Waals surface area contributed by atoms with Crippen molar-refractivity contribution in [3.05, 3.63) is 29.8 Å². The minimum atomic E-state index is -0.643. The smallest absolute Gasteiger partial charge is 0.249 e. The number of primary amides is 1. The molecule has 0 radical (unpaired) electrons. The van der Waals surface area contributed by atoms with E-state index in [9.17, 15) is 9.59 Å². The Morgan fingerprint density at radius 2 is 2.06 bits per heavy atom. The summed E-state index contributed by atoms with van der Waals surface area (Å²) < 4.78 is 2.96. The van der Waals surface area contributed by atoms with Gasteiger partial charge in [0.25, 0.3) is 0 Å². The van der Waals surface area contributed by atoms with Crippen LogP contribution in [-0.4, -0.2) is 17.7 Å². The summed E-state index contributed by atoms with van der Waals surface area (Å²) in [7, 11) is 0. The van der Waals surface area contributed by atoms with Crippen molar-refractivity contribution in [2.45, 2.75) is 24.3 Å². The maximum atomic E-state index is 11.1. The number of nitrogens with two attached hydrogens (primary N) is 1. The van der Waals surface area contributed by atoms with E-state index in [2.05, 4.69) is 4.72 Å². The van der Waals surface area contributed by atoms with Crippen molar-refractivity contribution >= 4 is 24.1 Å². The van der Waals surface area contributed by atoms with E-state index in [1.54, 1.807) is 32.0 Å². The van der Waals surface area contributed by atoms with Crippen molar-refractivity contribution in [1.29, 1.82) is 0 Å². The molecule has 1 amide bonds. The molecule has 0 atom stereocenters. The highest BCUT2D eigenvalue weighted by Crippen LogP contribution is 2.21. The summed E-state index contributed by atoms with van der Waals surface area (Å²) in [6, 6.07) is 6.98. The zero-order valence-corrected chi connectivity index (χ0v) is 10.0. The molecule has 1 aromatic rings. The Hall–Kier alpha value is -1.33. The first kappa shape index (κ1) is 12.7. The van der Waals surface area contributed by atoms with Gasteiger partial charge in [-0.2, -0.15) is 0 Å². The topological polar surface area (TPSA) is 72.2 Å². The third kappa shape index (κ3) is 3.36. The number of hydrogen-bond donors (Lipinski definition) is 2. The van der Waals surface area contributed by atoms with Crippen LogP contribution in [-0.2, 0) is 4.79 Å². The molecule has 3 N–H and O–H groups in total. The lowest BCUT2D eigenvalue weighted by Crippen LogP contribution is -2.35. The van der Waals surface area contributed by atoms with E-state index in [0.717, 1.165) is 6.29 Å². The van der Waals surface area contributed by atoms with E-state index in [-0.39, 0.29) is 0 Å². The lowest BCUT2D eigenvalue weighted by atomic mass is 10.1. The third-order valence-corrected chi connectivity index (χ3v) is 3.08. The summed E-state index contributed by atoms with van der Waals surface area (Å²) in [5.41, 5.74) is 5.04. The molecule has 0 aromatic heterocycles. The Labute approximate surface area is 98.7 Å². The molecule has 16 heavy (non-hydrogen) atoms. The number of aldehydes is 1. The molecule has 0 bridgehead atoms. The van der Waals surface area contributed by atoms with Crippen LogP contribution in [0.1, 0.15) is 24.2 Å². The molecule has 1 aromatic carbocycles. The normalized spacial score (nSPS) is 11.1. The van der Waals surface area contributed by atoms with Gasteiger partial charge in [0.2, 0.25) is 5.91 Å². The number of nitrogens with one attached hydrogen (secondary N) is 1. The van der Waals surface area contributed by atoms with Gasteiger partial charge >= 0.3 is 0 Å². The lowest BCUT2D eigenvalue weighted by molar-refractivity contribution is -0.111. The van der Waals surface area contributed by atoms with Crippen molar-refractivity contribution in [2.75, 3.05) is 0 Å². The maximum absolute atomic E-state index is 11.1. The maximum Gasteiger partial charge on any atom is 0.249 e. The molecule has 0 aliphatic carbocycles. The van der Waals surface area contributed by atoms with Crippen LogP contribution >= 0.6 is 11.9 Å². The van der Waals surface area contributed by atoms with Crippen molar-refractivity contribution in [2.24, 2.45) is 5.73 Å². The molecule has 86 valence electrons. The zero-order chi connectivity index (χ0) is 12.2. The van der Waals surface area contributed by atoms with Crippen molar-refractivity contribution in [3.8, 4) is 0 Å². The SMILES string of the molecule is CC(C)(C=O)NSc1ccccc1C(N)=O. The van der Waals surface area contributed by atoms with Crippen LogP contribution in [0.5, 0.6) is 0 Å². The van der Waals surface area contributed by atoms with E-state index < -0.39 is 11.4 Å². The standard InChI is InChI=1S/C11H14N2O2S/c1-11(2,7-14)13-16-9-6-4-3-5-8(9)10(12)15/h3-7,13H,1-2H3,(H2,12,15). The van der Waals surface area contributed by atoms with Crippen LogP contribution in [0.4, 0.5) is 0 Å². The summed E-state index contributed by atoms with van der Waals surface area (Å²) in [5, 5.41) is 0. The van der Waals surface area contributed by atoms with Gasteiger partial charge in [-0.1, -0.05) is 12.1 Å². The summed E-state index contributed by atoms with van der Waals surface area (Å²) in [4.78, 5) is 22.5. The monoisotopic (exact) mass is 238 g/mol. The summed E-state index contributed by atoms with van der Waals surface area (Å²) >= 11 is 1.22. The van der Waals surface area contributed by atoms with E-state index in [1.165, 1.54) is 11.9 Å². The number of carbonyl (C=O) groups excluding carboxylic acids is 2. The molecular weight excluding hydrogens is 224 g/mol. The van der Waals surface area contributed by atoms with E-state index in [0.29, 0.717) is 10.5 Å². The first-order chi connectivity index (χ1) is 7.46. The Kier molecular flexibility index (Phi) is 4.09. The molecule has 0 aliphatic rings. The van der Waals surface area contributed by atoms with Gasteiger partial charge in [-0.15, -0.1) is 0 Å². The minimum Gasteiger partial charge on any atom is -0.366 e. The Morgan fingerprint density at radius 3 is 2.62 bits per heavy atom. The molecule has 0 aliphatic heterocycles. The molecule has 0 heterocycles.